The van der Waals surface area contributed by atoms with Gasteiger partial charge in [-0.15, -0.1) is 10.2 Å². The normalized spacial score (nSPS) is 19.3. The van der Waals surface area contributed by atoms with E-state index in [-0.39, 0.29) is 53.0 Å². The minimum absolute atomic E-state index is 0.0620. The summed E-state index contributed by atoms with van der Waals surface area (Å²) in [6.07, 6.45) is 1.78. The number of nitrogens with zero attached hydrogens (tertiary/aromatic N) is 7. The summed E-state index contributed by atoms with van der Waals surface area (Å²) in [6, 6.07) is 0. The number of anilines is 1. The Morgan fingerprint density at radius 3 is 2.12 bits per heavy atom. The Morgan fingerprint density at radius 2 is 1.60 bits per heavy atom. The third-order valence-corrected chi connectivity index (χ3v) is 8.73. The Kier molecular flexibility index (Phi) is 9.30. The van der Waals surface area contributed by atoms with Gasteiger partial charge in [0.2, 0.25) is 34.2 Å². The van der Waals surface area contributed by atoms with Crippen LogP contribution in [0.2, 0.25) is 5.02 Å². The molecule has 3 heterocycles. The van der Waals surface area contributed by atoms with Crippen LogP contribution in [0.1, 0.15) is 56.3 Å². The molecule has 4 rings (SSSR count). The fourth-order valence-corrected chi connectivity index (χ4v) is 5.90. The van der Waals surface area contributed by atoms with Gasteiger partial charge in [-0.1, -0.05) is 11.6 Å². The van der Waals surface area contributed by atoms with Crippen molar-refractivity contribution in [2.45, 2.75) is 56.3 Å². The van der Waals surface area contributed by atoms with Gasteiger partial charge in [0.15, 0.2) is 11.5 Å². The Balaban J connectivity index is 1.76. The molecule has 3 aromatic heterocycles. The van der Waals surface area contributed by atoms with E-state index in [1.165, 1.54) is 51.5 Å². The predicted octanol–water partition coefficient (Wildman–Crippen LogP) is 3.57. The van der Waals surface area contributed by atoms with E-state index in [0.717, 1.165) is 0 Å². The first-order valence-corrected chi connectivity index (χ1v) is 14.2. The second-order valence-electron chi connectivity index (χ2n) is 9.17. The molecule has 1 N–H and O–H groups in total. The summed E-state index contributed by atoms with van der Waals surface area (Å²) in [5.74, 6) is -0.648. The first-order valence-electron chi connectivity index (χ1n) is 12.3. The number of rotatable bonds is 11. The van der Waals surface area contributed by atoms with E-state index in [1.807, 2.05) is 0 Å². The van der Waals surface area contributed by atoms with Gasteiger partial charge in [-0.3, -0.25) is 9.29 Å². The summed E-state index contributed by atoms with van der Waals surface area (Å²) in [7, 11) is -0.129. The molecule has 17 heteroatoms. The van der Waals surface area contributed by atoms with Crippen LogP contribution < -0.4 is 14.2 Å². The van der Waals surface area contributed by atoms with Gasteiger partial charge in [-0.05, 0) is 32.6 Å². The van der Waals surface area contributed by atoms with Crippen LogP contribution in [0.15, 0.2) is 18.7 Å². The molecule has 0 aliphatic heterocycles. The van der Waals surface area contributed by atoms with Gasteiger partial charge in [0.1, 0.15) is 23.5 Å². The van der Waals surface area contributed by atoms with E-state index < -0.39 is 33.7 Å². The van der Waals surface area contributed by atoms with Crippen molar-refractivity contribution in [3.63, 3.8) is 0 Å². The van der Waals surface area contributed by atoms with Crippen LogP contribution in [0.25, 0.3) is 5.69 Å². The Morgan fingerprint density at radius 1 is 1.00 bits per heavy atom. The van der Waals surface area contributed by atoms with Crippen molar-refractivity contribution in [3.8, 4) is 17.4 Å². The minimum atomic E-state index is -4.22. The van der Waals surface area contributed by atoms with Crippen LogP contribution in [0.4, 0.5) is 14.7 Å². The maximum Gasteiger partial charge on any atom is 0.245 e. The van der Waals surface area contributed by atoms with E-state index >= 15 is 0 Å². The molecule has 3 aromatic rings. The summed E-state index contributed by atoms with van der Waals surface area (Å²) in [6.45, 7) is 1.43. The molecule has 1 aliphatic carbocycles. The molecule has 13 nitrogen and oxygen atoms in total. The van der Waals surface area contributed by atoms with Gasteiger partial charge < -0.3 is 14.2 Å². The molecule has 1 saturated carbocycles. The highest BCUT2D eigenvalue weighted by atomic mass is 35.5. The number of halogens is 3. The van der Waals surface area contributed by atoms with Crippen LogP contribution in [0, 0.1) is 5.92 Å². The molecule has 40 heavy (non-hydrogen) atoms. The molecule has 0 radical (unpaired) electrons. The number of hydrogen-bond acceptors (Lipinski definition) is 11. The van der Waals surface area contributed by atoms with Crippen LogP contribution in [0.3, 0.4) is 0 Å². The number of ether oxygens (including phenoxy) is 3. The van der Waals surface area contributed by atoms with Gasteiger partial charge in [0.25, 0.3) is 0 Å². The summed E-state index contributed by atoms with van der Waals surface area (Å²) in [4.78, 5) is 16.4. The van der Waals surface area contributed by atoms with E-state index in [9.17, 15) is 17.2 Å². The van der Waals surface area contributed by atoms with E-state index in [4.69, 9.17) is 25.8 Å². The quantitative estimate of drug-likeness (QED) is 0.342. The third-order valence-electron chi connectivity index (χ3n) is 6.84. The molecular weight excluding hydrogens is 574 g/mol. The smallest absolute Gasteiger partial charge is 0.245 e. The fourth-order valence-electron chi connectivity index (χ4n) is 4.67. The Labute approximate surface area is 234 Å². The molecule has 2 atom stereocenters. The standard InChI is InChI=1S/C23H29ClF2N8O5S/c1-12(17(37-2)19-27-9-15(24)10-28-19)40(35,36)33-23-32-31-20(14-7-5-13(6-8-14)18(25)26)34(23)16-21(38-3)29-11-30-22(16)39-4/h9-14,17-18H,5-8H2,1-4H3,(H,32,33)/t12-,13-,14-,17-/m0/s1. The maximum atomic E-state index is 13.6. The van der Waals surface area contributed by atoms with Crippen molar-refractivity contribution in [1.82, 2.24) is 34.7 Å². The topological polar surface area (TPSA) is 156 Å². The lowest BCUT2D eigenvalue weighted by Crippen LogP contribution is -2.33. The average Bonchev–Trinajstić information content (AvgIpc) is 3.35. The molecule has 0 unspecified atom stereocenters. The van der Waals surface area contributed by atoms with Crippen LogP contribution in [-0.2, 0) is 14.8 Å². The second-order valence-corrected chi connectivity index (χ2v) is 11.6. The van der Waals surface area contributed by atoms with Crippen molar-refractivity contribution < 1.29 is 31.4 Å². The lowest BCUT2D eigenvalue weighted by atomic mass is 9.81. The number of methoxy groups -OCH3 is 3. The highest BCUT2D eigenvalue weighted by Crippen LogP contribution is 2.41. The highest BCUT2D eigenvalue weighted by molar-refractivity contribution is 7.93. The second kappa shape index (κ2) is 12.5. The maximum absolute atomic E-state index is 13.6. The number of sulfonamides is 1. The number of hydrogen-bond donors (Lipinski definition) is 1. The summed E-state index contributed by atoms with van der Waals surface area (Å²) < 4.78 is 74.0. The average molecular weight is 603 g/mol. The van der Waals surface area contributed by atoms with Crippen molar-refractivity contribution in [1.29, 1.82) is 0 Å². The summed E-state index contributed by atoms with van der Waals surface area (Å²) in [5.41, 5.74) is 0.151. The predicted molar refractivity (Wildman–Crippen MR) is 140 cm³/mol. The summed E-state index contributed by atoms with van der Waals surface area (Å²) >= 11 is 5.87. The van der Waals surface area contributed by atoms with Crippen LogP contribution >= 0.6 is 11.6 Å². The Hall–Kier alpha value is -3.24. The first-order chi connectivity index (χ1) is 19.1. The van der Waals surface area contributed by atoms with Gasteiger partial charge in [-0.2, -0.15) is 9.97 Å². The Bertz CT molecular complexity index is 1380. The monoisotopic (exact) mass is 602 g/mol. The number of nitrogens with one attached hydrogen (secondary N) is 1. The fraction of sp³-hybridized carbons (Fsp3) is 0.565. The number of aromatic nitrogens is 7. The van der Waals surface area contributed by atoms with E-state index in [2.05, 4.69) is 34.9 Å². The molecule has 1 aliphatic rings. The van der Waals surface area contributed by atoms with Crippen molar-refractivity contribution in [2.75, 3.05) is 26.1 Å². The largest absolute Gasteiger partial charge is 0.479 e. The highest BCUT2D eigenvalue weighted by Gasteiger charge is 2.37. The zero-order valence-corrected chi connectivity index (χ0v) is 23.7. The molecule has 0 amide bonds. The van der Waals surface area contributed by atoms with E-state index in [1.54, 1.807) is 0 Å². The van der Waals surface area contributed by atoms with Gasteiger partial charge >= 0.3 is 0 Å². The van der Waals surface area contributed by atoms with Crippen molar-refractivity contribution in [3.05, 3.63) is 35.4 Å². The number of alkyl halides is 2. The molecular formula is C23H29ClF2N8O5S. The molecule has 0 aromatic carbocycles. The lowest BCUT2D eigenvalue weighted by Gasteiger charge is -2.28. The molecule has 0 spiro atoms. The summed E-state index contributed by atoms with van der Waals surface area (Å²) in [5, 5.41) is 7.48. The SMILES string of the molecule is COc1ncnc(OC)c1-n1c(NS(=O)(=O)[C@@H](C)[C@H](OC)c2ncc(Cl)cn2)nnc1[C@H]1CC[C@H](C(F)F)CC1. The van der Waals surface area contributed by atoms with E-state index in [0.29, 0.717) is 18.7 Å². The zero-order valence-electron chi connectivity index (χ0n) is 22.2. The minimum Gasteiger partial charge on any atom is -0.479 e. The lowest BCUT2D eigenvalue weighted by molar-refractivity contribution is 0.0522. The van der Waals surface area contributed by atoms with Gasteiger partial charge in [-0.25, -0.2) is 27.2 Å². The first kappa shape index (κ1) is 29.7. The molecule has 0 bridgehead atoms. The molecule has 218 valence electrons. The third kappa shape index (κ3) is 6.07. The van der Waals surface area contributed by atoms with Gasteiger partial charge in [0, 0.05) is 31.3 Å². The van der Waals surface area contributed by atoms with Gasteiger partial charge in [0.05, 0.1) is 19.2 Å². The molecule has 1 fully saturated rings. The zero-order chi connectivity index (χ0) is 29.0. The van der Waals surface area contributed by atoms with Crippen molar-refractivity contribution in [2.24, 2.45) is 5.92 Å². The van der Waals surface area contributed by atoms with Crippen molar-refractivity contribution >= 4 is 27.6 Å². The molecule has 0 saturated heterocycles. The van der Waals surface area contributed by atoms with Crippen LogP contribution in [0.5, 0.6) is 11.8 Å². The van der Waals surface area contributed by atoms with Crippen LogP contribution in [-0.4, -0.2) is 76.1 Å².